The number of carbonyl (C=O) groups excluding carboxylic acids is 1. The molecule has 16 heteroatoms. The first-order chi connectivity index (χ1) is 21.1. The molecule has 1 unspecified atom stereocenters. The minimum absolute atomic E-state index is 0.0409. The zero-order valence-electron chi connectivity index (χ0n) is 23.6. The number of carboxylic acid groups (broad SMARTS) is 1. The van der Waals surface area contributed by atoms with E-state index in [1.54, 1.807) is 11.6 Å². The van der Waals surface area contributed by atoms with E-state index >= 15 is 0 Å². The second-order valence-electron chi connectivity index (χ2n) is 10.3. The van der Waals surface area contributed by atoms with E-state index in [2.05, 4.69) is 15.4 Å². The lowest BCUT2D eigenvalue weighted by molar-refractivity contribution is -0.137. The molecule has 3 aromatic rings. The predicted octanol–water partition coefficient (Wildman–Crippen LogP) is 4.01. The fourth-order valence-electron chi connectivity index (χ4n) is 5.30. The predicted molar refractivity (Wildman–Crippen MR) is 160 cm³/mol. The Morgan fingerprint density at radius 3 is 2.68 bits per heavy atom. The number of aromatic nitrogens is 3. The molecule has 1 fully saturated rings. The fraction of sp³-hybridized carbons (Fsp3) is 0.393. The van der Waals surface area contributed by atoms with Gasteiger partial charge in [0.05, 0.1) is 18.9 Å². The smallest absolute Gasteiger partial charge is 0.338 e. The number of methoxy groups -OCH3 is 1. The van der Waals surface area contributed by atoms with Gasteiger partial charge in [0, 0.05) is 66.0 Å². The molecule has 5 rings (SSSR count). The average Bonchev–Trinajstić information content (AvgIpc) is 3.72. The number of carboxylic acids is 1. The summed E-state index contributed by atoms with van der Waals surface area (Å²) >= 11 is 7.79. The number of unbranched alkanes of at least 4 members (excludes halogenated alkanes) is 1. The maximum Gasteiger partial charge on any atom is 0.338 e. The van der Waals surface area contributed by atoms with E-state index in [1.807, 2.05) is 0 Å². The molecule has 0 radical (unpaired) electrons. The molecule has 2 aliphatic heterocycles. The third kappa shape index (κ3) is 6.85. The number of esters is 1. The van der Waals surface area contributed by atoms with E-state index in [4.69, 9.17) is 26.4 Å². The van der Waals surface area contributed by atoms with Gasteiger partial charge >= 0.3 is 11.9 Å². The first-order valence-corrected chi connectivity index (χ1v) is 16.5. The Hall–Kier alpha value is -3.66. The van der Waals surface area contributed by atoms with Gasteiger partial charge < -0.3 is 15.2 Å². The minimum atomic E-state index is -3.84. The Balaban J connectivity index is 1.39. The zero-order chi connectivity index (χ0) is 31.4. The zero-order valence-corrected chi connectivity index (χ0v) is 26.0. The molecule has 2 N–H and O–H groups in total. The number of rotatable bonds is 11. The number of allylic oxidation sites excluding steroid dienone is 1. The van der Waals surface area contributed by atoms with Crippen LogP contribution in [0, 0.1) is 11.7 Å². The minimum Gasteiger partial charge on any atom is -0.481 e. The van der Waals surface area contributed by atoms with Crippen LogP contribution >= 0.6 is 22.9 Å². The highest BCUT2D eigenvalue weighted by atomic mass is 35.5. The first kappa shape index (κ1) is 31.8. The fourth-order valence-corrected chi connectivity index (χ4v) is 7.59. The molecular formula is C28H30ClFN6O6S2. The summed E-state index contributed by atoms with van der Waals surface area (Å²) in [6.07, 6.45) is 6.22. The van der Waals surface area contributed by atoms with Crippen LogP contribution in [0.5, 0.6) is 0 Å². The van der Waals surface area contributed by atoms with E-state index in [-0.39, 0.29) is 40.9 Å². The Kier molecular flexibility index (Phi) is 9.78. The van der Waals surface area contributed by atoms with Gasteiger partial charge in [0.1, 0.15) is 16.8 Å². The number of aryl methyl sites for hydroxylation is 1. The normalized spacial score (nSPS) is 18.2. The summed E-state index contributed by atoms with van der Waals surface area (Å²) in [6.45, 7) is 0.771. The number of piperidine rings is 1. The number of aliphatic imine (C=N–C) groups is 1. The van der Waals surface area contributed by atoms with Crippen molar-refractivity contribution in [1.82, 2.24) is 24.4 Å². The molecule has 1 atom stereocenters. The number of nitrogens with one attached hydrogen (secondary N) is 1. The maximum absolute atomic E-state index is 13.9. The van der Waals surface area contributed by atoms with Crippen LogP contribution in [-0.4, -0.2) is 70.6 Å². The summed E-state index contributed by atoms with van der Waals surface area (Å²) in [4.78, 5) is 33.1. The number of nitrogens with zero attached hydrogens (tertiary/aromatic N) is 5. The lowest BCUT2D eigenvalue weighted by atomic mass is 9.86. The molecule has 0 aliphatic carbocycles. The molecule has 4 heterocycles. The Labute approximate surface area is 262 Å². The molecule has 44 heavy (non-hydrogen) atoms. The molecule has 2 aromatic heterocycles. The molecule has 0 spiro atoms. The largest absolute Gasteiger partial charge is 0.481 e. The number of ether oxygens (including phenoxy) is 1. The van der Waals surface area contributed by atoms with Crippen LogP contribution in [0.25, 0.3) is 0 Å². The van der Waals surface area contributed by atoms with E-state index in [0.717, 1.165) is 6.07 Å². The van der Waals surface area contributed by atoms with E-state index in [0.29, 0.717) is 54.3 Å². The van der Waals surface area contributed by atoms with Gasteiger partial charge in [0.25, 0.3) is 0 Å². The van der Waals surface area contributed by atoms with Crippen molar-refractivity contribution in [1.29, 1.82) is 0 Å². The Bertz CT molecular complexity index is 1700. The monoisotopic (exact) mass is 664 g/mol. The van der Waals surface area contributed by atoms with Gasteiger partial charge in [-0.1, -0.05) is 17.7 Å². The second kappa shape index (κ2) is 13.5. The number of sulfonamides is 1. The molecule has 1 aromatic carbocycles. The summed E-state index contributed by atoms with van der Waals surface area (Å²) < 4.78 is 48.9. The number of carbonyl (C=O) groups is 2. The van der Waals surface area contributed by atoms with Crippen LogP contribution in [0.1, 0.15) is 48.7 Å². The highest BCUT2D eigenvalue weighted by molar-refractivity contribution is 7.89. The van der Waals surface area contributed by atoms with Crippen molar-refractivity contribution < 1.29 is 32.2 Å². The second-order valence-corrected chi connectivity index (χ2v) is 13.5. The van der Waals surface area contributed by atoms with Crippen LogP contribution < -0.4 is 5.32 Å². The summed E-state index contributed by atoms with van der Waals surface area (Å²) in [7, 11) is -2.58. The number of aliphatic carboxylic acids is 1. The molecule has 2 aliphatic rings. The summed E-state index contributed by atoms with van der Waals surface area (Å²) in [5.41, 5.74) is 1.17. The number of thiazole rings is 1. The quantitative estimate of drug-likeness (QED) is 0.228. The Morgan fingerprint density at radius 2 is 2.02 bits per heavy atom. The Morgan fingerprint density at radius 1 is 1.25 bits per heavy atom. The highest BCUT2D eigenvalue weighted by Crippen LogP contribution is 2.40. The average molecular weight is 665 g/mol. The number of hydrogen-bond acceptors (Lipinski definition) is 10. The van der Waals surface area contributed by atoms with Gasteiger partial charge in [-0.3, -0.25) is 14.5 Å². The van der Waals surface area contributed by atoms with E-state index < -0.39 is 33.8 Å². The number of halogens is 2. The number of benzene rings is 1. The van der Waals surface area contributed by atoms with Crippen molar-refractivity contribution in [2.75, 3.05) is 20.2 Å². The lowest BCUT2D eigenvalue weighted by Gasteiger charge is -2.36. The SMILES string of the molecule is COC(=O)C1=C(C2CCN(S(=O)(=O)c3cnn(CCCCC(=O)O)c3)CC2)NC(c2nccs2)=NC1c1ccc(F)cc1Cl. The molecule has 234 valence electrons. The van der Waals surface area contributed by atoms with Gasteiger partial charge in [-0.05, 0) is 37.8 Å². The van der Waals surface area contributed by atoms with Crippen LogP contribution in [0.2, 0.25) is 5.02 Å². The van der Waals surface area contributed by atoms with Crippen LogP contribution in [0.15, 0.2) is 63.3 Å². The van der Waals surface area contributed by atoms with Crippen molar-refractivity contribution in [2.45, 2.75) is 49.6 Å². The number of amidine groups is 1. The van der Waals surface area contributed by atoms with Crippen molar-refractivity contribution in [2.24, 2.45) is 10.9 Å². The highest BCUT2D eigenvalue weighted by Gasteiger charge is 2.39. The third-order valence-corrected chi connectivity index (χ3v) is 10.5. The molecule has 12 nitrogen and oxygen atoms in total. The lowest BCUT2D eigenvalue weighted by Crippen LogP contribution is -2.43. The molecule has 1 saturated heterocycles. The summed E-state index contributed by atoms with van der Waals surface area (Å²) in [6, 6.07) is 2.98. The van der Waals surface area contributed by atoms with Crippen molar-refractivity contribution in [3.8, 4) is 0 Å². The van der Waals surface area contributed by atoms with Crippen molar-refractivity contribution >= 4 is 50.7 Å². The first-order valence-electron chi connectivity index (χ1n) is 13.8. The summed E-state index contributed by atoms with van der Waals surface area (Å²) in [5, 5.41) is 18.7. The maximum atomic E-state index is 13.9. The van der Waals surface area contributed by atoms with Gasteiger partial charge in [-0.2, -0.15) is 9.40 Å². The topological polar surface area (TPSA) is 156 Å². The summed E-state index contributed by atoms with van der Waals surface area (Å²) in [5.74, 6) is -1.89. The van der Waals surface area contributed by atoms with Crippen LogP contribution in [-0.2, 0) is 30.9 Å². The van der Waals surface area contributed by atoms with Gasteiger partial charge in [0.2, 0.25) is 10.0 Å². The molecule has 0 saturated carbocycles. The molecular weight excluding hydrogens is 635 g/mol. The van der Waals surface area contributed by atoms with Crippen LogP contribution in [0.3, 0.4) is 0 Å². The van der Waals surface area contributed by atoms with Crippen LogP contribution in [0.4, 0.5) is 4.39 Å². The number of hydrogen-bond donors (Lipinski definition) is 2. The van der Waals surface area contributed by atoms with Gasteiger partial charge in [-0.25, -0.2) is 22.6 Å². The third-order valence-electron chi connectivity index (χ3n) is 7.51. The van der Waals surface area contributed by atoms with Gasteiger partial charge in [-0.15, -0.1) is 11.3 Å². The molecule has 0 bridgehead atoms. The van der Waals surface area contributed by atoms with Crippen molar-refractivity contribution in [3.05, 3.63) is 74.9 Å². The van der Waals surface area contributed by atoms with Gasteiger partial charge in [0.15, 0.2) is 10.8 Å². The molecule has 0 amide bonds. The van der Waals surface area contributed by atoms with E-state index in [9.17, 15) is 22.4 Å². The van der Waals surface area contributed by atoms with E-state index in [1.165, 1.54) is 52.0 Å². The van der Waals surface area contributed by atoms with Crippen molar-refractivity contribution in [3.63, 3.8) is 0 Å². The standard InChI is InChI=1S/C28H30ClFN6O6S2/c1-42-28(39)23-24(33-26(27-31-9-13-43-27)34-25(23)20-6-5-18(30)14-21(20)29)17-7-11-36(12-8-17)44(40,41)19-15-32-35(16-19)10-3-2-4-22(37)38/h5-6,9,13-17,25H,2-4,7-8,10-12H2,1H3,(H,33,34)(H,37,38).